The molecule has 6 heteroatoms. The van der Waals surface area contributed by atoms with Crippen molar-refractivity contribution in [3.8, 4) is 0 Å². The van der Waals surface area contributed by atoms with Crippen molar-refractivity contribution in [1.29, 1.82) is 0 Å². The number of nitrogens with one attached hydrogen (secondary N) is 1. The van der Waals surface area contributed by atoms with Gasteiger partial charge in [0, 0.05) is 29.8 Å². The number of amides is 1. The van der Waals surface area contributed by atoms with Crippen LogP contribution in [0.3, 0.4) is 0 Å². The molecule has 0 fully saturated rings. The minimum Gasteiger partial charge on any atom is -0.322 e. The molecule has 3 aromatic rings. The number of carbonyl (C=O) groups excluding carboxylic acids is 3. The van der Waals surface area contributed by atoms with E-state index in [1.165, 1.54) is 42.8 Å². The van der Waals surface area contributed by atoms with E-state index in [2.05, 4.69) is 5.32 Å². The third-order valence-corrected chi connectivity index (χ3v) is 3.88. The maximum atomic E-state index is 13.6. The van der Waals surface area contributed by atoms with Crippen LogP contribution in [0, 0.1) is 5.82 Å². The molecule has 0 aliphatic carbocycles. The first-order valence-corrected chi connectivity index (χ1v) is 7.60. The van der Waals surface area contributed by atoms with Gasteiger partial charge in [0.25, 0.3) is 5.91 Å². The summed E-state index contributed by atoms with van der Waals surface area (Å²) in [6.45, 7) is 2.80. The van der Waals surface area contributed by atoms with E-state index in [-0.39, 0.29) is 17.3 Å². The van der Waals surface area contributed by atoms with Crippen molar-refractivity contribution in [2.45, 2.75) is 13.8 Å². The van der Waals surface area contributed by atoms with Crippen LogP contribution in [0.4, 0.5) is 10.1 Å². The predicted molar refractivity (Wildman–Crippen MR) is 92.6 cm³/mol. The highest BCUT2D eigenvalue weighted by atomic mass is 19.1. The Morgan fingerprint density at radius 1 is 1.04 bits per heavy atom. The Bertz CT molecular complexity index is 1020. The molecule has 1 heterocycles. The van der Waals surface area contributed by atoms with E-state index in [4.69, 9.17) is 0 Å². The van der Waals surface area contributed by atoms with Gasteiger partial charge in [-0.25, -0.2) is 4.39 Å². The highest BCUT2D eigenvalue weighted by molar-refractivity contribution is 6.14. The number of fused-ring (bicyclic) bond motifs is 1. The van der Waals surface area contributed by atoms with Crippen molar-refractivity contribution < 1.29 is 18.8 Å². The molecule has 0 saturated heterocycles. The summed E-state index contributed by atoms with van der Waals surface area (Å²) in [5.41, 5.74) is 1.54. The van der Waals surface area contributed by atoms with Crippen LogP contribution in [-0.4, -0.2) is 22.2 Å². The molecule has 0 atom stereocenters. The van der Waals surface area contributed by atoms with Crippen LogP contribution in [0.2, 0.25) is 0 Å². The fraction of sp³-hybridized carbons (Fsp3) is 0.105. The van der Waals surface area contributed by atoms with Crippen LogP contribution in [-0.2, 0) is 0 Å². The van der Waals surface area contributed by atoms with Crippen molar-refractivity contribution in [2.75, 3.05) is 5.32 Å². The number of rotatable bonds is 3. The fourth-order valence-electron chi connectivity index (χ4n) is 2.66. The third kappa shape index (κ3) is 3.19. The first-order chi connectivity index (χ1) is 11.9. The zero-order chi connectivity index (χ0) is 18.1. The highest BCUT2D eigenvalue weighted by Gasteiger charge is 2.18. The number of nitrogens with zero attached hydrogens (tertiary/aromatic N) is 1. The van der Waals surface area contributed by atoms with Gasteiger partial charge in [-0.3, -0.25) is 19.0 Å². The molecule has 0 saturated carbocycles. The Labute approximate surface area is 143 Å². The van der Waals surface area contributed by atoms with Gasteiger partial charge in [0.2, 0.25) is 5.91 Å². The highest BCUT2D eigenvalue weighted by Crippen LogP contribution is 2.24. The molecule has 1 N–H and O–H groups in total. The summed E-state index contributed by atoms with van der Waals surface area (Å²) in [5.74, 6) is -1.39. The normalized spacial score (nSPS) is 10.7. The number of aromatic nitrogens is 1. The summed E-state index contributed by atoms with van der Waals surface area (Å²) in [7, 11) is 0. The molecule has 3 rings (SSSR count). The van der Waals surface area contributed by atoms with Crippen LogP contribution in [0.1, 0.15) is 39.4 Å². The molecule has 0 aliphatic heterocycles. The lowest BCUT2D eigenvalue weighted by molar-refractivity contribution is 0.0940. The second-order valence-corrected chi connectivity index (χ2v) is 5.68. The zero-order valence-electron chi connectivity index (χ0n) is 13.7. The van der Waals surface area contributed by atoms with Crippen molar-refractivity contribution in [2.24, 2.45) is 0 Å². The van der Waals surface area contributed by atoms with E-state index in [0.717, 1.165) is 0 Å². The molecule has 2 aromatic carbocycles. The van der Waals surface area contributed by atoms with Crippen molar-refractivity contribution in [3.05, 3.63) is 65.6 Å². The number of anilines is 1. The standard InChI is InChI=1S/C19H15FN2O3/c1-11(23)13-4-3-5-15(8-13)21-19(25)17-10-22(12(2)24)18-7-6-14(20)9-16(17)18/h3-10H,1-2H3,(H,21,25). The Hall–Kier alpha value is -3.28. The van der Waals surface area contributed by atoms with Gasteiger partial charge >= 0.3 is 0 Å². The molecular weight excluding hydrogens is 323 g/mol. The minimum atomic E-state index is -0.499. The zero-order valence-corrected chi connectivity index (χ0v) is 13.7. The van der Waals surface area contributed by atoms with Gasteiger partial charge in [0.15, 0.2) is 5.78 Å². The molecular formula is C19H15FN2O3. The second kappa shape index (κ2) is 6.32. The Kier molecular flexibility index (Phi) is 4.19. The Balaban J connectivity index is 2.02. The van der Waals surface area contributed by atoms with Crippen LogP contribution in [0.25, 0.3) is 10.9 Å². The van der Waals surface area contributed by atoms with Gasteiger partial charge in [-0.15, -0.1) is 0 Å². The summed E-state index contributed by atoms with van der Waals surface area (Å²) in [6.07, 6.45) is 1.39. The van der Waals surface area contributed by atoms with E-state index in [1.807, 2.05) is 0 Å². The van der Waals surface area contributed by atoms with Gasteiger partial charge in [0.1, 0.15) is 5.82 Å². The topological polar surface area (TPSA) is 68.2 Å². The van der Waals surface area contributed by atoms with Crippen molar-refractivity contribution in [3.63, 3.8) is 0 Å². The first kappa shape index (κ1) is 16.6. The molecule has 0 unspecified atom stereocenters. The maximum absolute atomic E-state index is 13.6. The van der Waals surface area contributed by atoms with Gasteiger partial charge in [0.05, 0.1) is 11.1 Å². The Morgan fingerprint density at radius 3 is 2.48 bits per heavy atom. The van der Waals surface area contributed by atoms with Crippen LogP contribution >= 0.6 is 0 Å². The van der Waals surface area contributed by atoms with Crippen LogP contribution < -0.4 is 5.32 Å². The minimum absolute atomic E-state index is 0.119. The van der Waals surface area contributed by atoms with Gasteiger partial charge < -0.3 is 5.32 Å². The average molecular weight is 338 g/mol. The summed E-state index contributed by atoms with van der Waals surface area (Å²) in [4.78, 5) is 35.8. The Morgan fingerprint density at radius 2 is 1.80 bits per heavy atom. The molecule has 1 aromatic heterocycles. The molecule has 0 aliphatic rings. The maximum Gasteiger partial charge on any atom is 0.257 e. The number of Topliss-reactive ketones (excluding diaryl/α,β-unsaturated/α-hetero) is 1. The molecule has 5 nitrogen and oxygen atoms in total. The predicted octanol–water partition coefficient (Wildman–Crippen LogP) is 3.90. The number of carbonyl (C=O) groups is 3. The lowest BCUT2D eigenvalue weighted by Gasteiger charge is -2.05. The molecule has 0 radical (unpaired) electrons. The number of hydrogen-bond acceptors (Lipinski definition) is 3. The number of benzene rings is 2. The summed E-state index contributed by atoms with van der Waals surface area (Å²) >= 11 is 0. The van der Waals surface area contributed by atoms with Crippen LogP contribution in [0.5, 0.6) is 0 Å². The summed E-state index contributed by atoms with van der Waals surface area (Å²) in [6, 6.07) is 10.4. The van der Waals surface area contributed by atoms with Gasteiger partial charge in [-0.1, -0.05) is 12.1 Å². The number of halogens is 1. The fourth-order valence-corrected chi connectivity index (χ4v) is 2.66. The molecule has 25 heavy (non-hydrogen) atoms. The third-order valence-electron chi connectivity index (χ3n) is 3.88. The lowest BCUT2D eigenvalue weighted by Crippen LogP contribution is -2.12. The summed E-state index contributed by atoms with van der Waals surface area (Å²) in [5, 5.41) is 3.02. The quantitative estimate of drug-likeness (QED) is 0.737. The SMILES string of the molecule is CC(=O)c1cccc(NC(=O)c2cn(C(C)=O)c3ccc(F)cc23)c1. The van der Waals surface area contributed by atoms with E-state index in [9.17, 15) is 18.8 Å². The van der Waals surface area contributed by atoms with E-state index >= 15 is 0 Å². The molecule has 0 spiro atoms. The van der Waals surface area contributed by atoms with E-state index in [1.54, 1.807) is 24.3 Å². The molecule has 0 bridgehead atoms. The second-order valence-electron chi connectivity index (χ2n) is 5.68. The number of ketones is 1. The molecule has 126 valence electrons. The largest absolute Gasteiger partial charge is 0.322 e. The molecule has 1 amide bonds. The summed E-state index contributed by atoms with van der Waals surface area (Å²) < 4.78 is 14.9. The number of hydrogen-bond donors (Lipinski definition) is 1. The smallest absolute Gasteiger partial charge is 0.257 e. The van der Waals surface area contributed by atoms with Gasteiger partial charge in [-0.05, 0) is 37.3 Å². The van der Waals surface area contributed by atoms with Crippen molar-refractivity contribution in [1.82, 2.24) is 4.57 Å². The van der Waals surface area contributed by atoms with E-state index < -0.39 is 11.7 Å². The van der Waals surface area contributed by atoms with Crippen LogP contribution in [0.15, 0.2) is 48.7 Å². The van der Waals surface area contributed by atoms with E-state index in [0.29, 0.717) is 22.2 Å². The average Bonchev–Trinajstić information content (AvgIpc) is 2.94. The first-order valence-electron chi connectivity index (χ1n) is 7.60. The van der Waals surface area contributed by atoms with Gasteiger partial charge in [-0.2, -0.15) is 0 Å². The monoisotopic (exact) mass is 338 g/mol. The van der Waals surface area contributed by atoms with Crippen molar-refractivity contribution >= 4 is 34.2 Å². The lowest BCUT2D eigenvalue weighted by atomic mass is 10.1.